The molecule has 0 saturated carbocycles. The first-order valence-electron chi connectivity index (χ1n) is 7.75. The largest absolute Gasteiger partial charge is 0.274 e. The Morgan fingerprint density at radius 1 is 1.00 bits per heavy atom. The minimum atomic E-state index is -0.345. The van der Waals surface area contributed by atoms with E-state index in [4.69, 9.17) is 5.26 Å². The predicted molar refractivity (Wildman–Crippen MR) is 103 cm³/mol. The van der Waals surface area contributed by atoms with Crippen molar-refractivity contribution in [2.45, 2.75) is 47.1 Å². The summed E-state index contributed by atoms with van der Waals surface area (Å²) in [6.45, 7) is 13.9. The second-order valence-electron chi connectivity index (χ2n) is 5.89. The van der Waals surface area contributed by atoms with E-state index in [1.54, 1.807) is 6.21 Å². The van der Waals surface area contributed by atoms with Crippen molar-refractivity contribution in [3.05, 3.63) is 71.4 Å². The van der Waals surface area contributed by atoms with E-state index < -0.39 is 0 Å². The van der Waals surface area contributed by atoms with Crippen LogP contribution in [0.25, 0.3) is 0 Å². The van der Waals surface area contributed by atoms with Gasteiger partial charge in [-0.25, -0.2) is 0 Å². The maximum Gasteiger partial charge on any atom is 0.140 e. The summed E-state index contributed by atoms with van der Waals surface area (Å²) in [7, 11) is 0. The third-order valence-electron chi connectivity index (χ3n) is 2.80. The number of rotatable bonds is 8. The van der Waals surface area contributed by atoms with Crippen LogP contribution in [-0.2, 0) is 0 Å². The molecule has 0 amide bonds. The van der Waals surface area contributed by atoms with Gasteiger partial charge in [-0.3, -0.25) is 4.99 Å². The molecule has 0 aliphatic heterocycles. The van der Waals surface area contributed by atoms with E-state index in [-0.39, 0.29) is 6.04 Å². The molecule has 23 heavy (non-hydrogen) atoms. The van der Waals surface area contributed by atoms with Crippen molar-refractivity contribution in [2.24, 2.45) is 4.99 Å². The molecule has 0 radical (unpaired) electrons. The van der Waals surface area contributed by atoms with E-state index in [0.717, 1.165) is 11.1 Å². The van der Waals surface area contributed by atoms with Gasteiger partial charge in [0.2, 0.25) is 0 Å². The molecule has 0 aliphatic rings. The lowest BCUT2D eigenvalue weighted by molar-refractivity contribution is 0.821. The molecule has 0 saturated heterocycles. The zero-order valence-electron chi connectivity index (χ0n) is 15.0. The van der Waals surface area contributed by atoms with Crippen molar-refractivity contribution < 1.29 is 0 Å². The second kappa shape index (κ2) is 12.2. The molecule has 0 N–H and O–H groups in total. The summed E-state index contributed by atoms with van der Waals surface area (Å²) in [6, 6.07) is 1.82. The topological polar surface area (TPSA) is 36.1 Å². The van der Waals surface area contributed by atoms with Gasteiger partial charge in [0.05, 0.1) is 6.07 Å². The first kappa shape index (κ1) is 20.6. The highest BCUT2D eigenvalue weighted by Gasteiger charge is 2.02. The maximum absolute atomic E-state index is 8.99. The summed E-state index contributed by atoms with van der Waals surface area (Å²) in [6.07, 6.45) is 16.5. The Kier molecular flexibility index (Phi) is 10.9. The van der Waals surface area contributed by atoms with Gasteiger partial charge in [0.1, 0.15) is 6.04 Å². The first-order chi connectivity index (χ1) is 10.8. The van der Waals surface area contributed by atoms with Crippen LogP contribution in [-0.4, -0.2) is 12.3 Å². The molecule has 2 nitrogen and oxygen atoms in total. The molecule has 0 heterocycles. The van der Waals surface area contributed by atoms with Crippen LogP contribution in [0.4, 0.5) is 0 Å². The van der Waals surface area contributed by atoms with E-state index in [0.29, 0.717) is 6.42 Å². The number of hydrogen-bond acceptors (Lipinski definition) is 2. The molecule has 0 bridgehead atoms. The number of allylic oxidation sites excluding steroid dienone is 10. The molecule has 2 heteroatoms. The van der Waals surface area contributed by atoms with Crippen LogP contribution in [0.5, 0.6) is 0 Å². The van der Waals surface area contributed by atoms with Crippen molar-refractivity contribution in [3.8, 4) is 6.07 Å². The summed E-state index contributed by atoms with van der Waals surface area (Å²) in [5, 5.41) is 8.99. The monoisotopic (exact) mass is 308 g/mol. The predicted octanol–water partition coefficient (Wildman–Crippen LogP) is 5.89. The Hall–Kier alpha value is -2.40. The van der Waals surface area contributed by atoms with Crippen molar-refractivity contribution in [1.29, 1.82) is 5.26 Å². The Morgan fingerprint density at radius 2 is 1.57 bits per heavy atom. The fourth-order valence-electron chi connectivity index (χ4n) is 1.58. The maximum atomic E-state index is 8.99. The average molecular weight is 308 g/mol. The van der Waals surface area contributed by atoms with Crippen molar-refractivity contribution in [3.63, 3.8) is 0 Å². The zero-order chi connectivity index (χ0) is 17.7. The molecule has 0 aromatic heterocycles. The van der Waals surface area contributed by atoms with Gasteiger partial charge in [-0.1, -0.05) is 53.2 Å². The smallest absolute Gasteiger partial charge is 0.140 e. The number of nitriles is 1. The van der Waals surface area contributed by atoms with E-state index in [2.05, 4.69) is 56.6 Å². The Labute approximate surface area is 141 Å². The minimum Gasteiger partial charge on any atom is -0.274 e. The molecule has 1 atom stereocenters. The van der Waals surface area contributed by atoms with Crippen molar-refractivity contribution >= 4 is 6.21 Å². The fraction of sp³-hybridized carbons (Fsp3) is 0.333. The van der Waals surface area contributed by atoms with E-state index in [9.17, 15) is 0 Å². The SMILES string of the molecule is C=C(C)CC(C#N)N=C/C=C(C)/C=C/C=C(C)/C=C/C=C(C)C. The quantitative estimate of drug-likeness (QED) is 0.313. The van der Waals surface area contributed by atoms with Crippen molar-refractivity contribution in [2.75, 3.05) is 0 Å². The van der Waals surface area contributed by atoms with Crippen molar-refractivity contribution in [1.82, 2.24) is 0 Å². The molecule has 1 unspecified atom stereocenters. The van der Waals surface area contributed by atoms with Crippen LogP contribution in [0.3, 0.4) is 0 Å². The van der Waals surface area contributed by atoms with Crippen LogP contribution in [0.15, 0.2) is 76.4 Å². The standard InChI is InChI=1S/C21H28N2/c1-17(2)9-7-10-19(5)11-8-12-20(6)13-14-23-21(16-22)15-18(3)4/h7-14,21H,3,15H2,1-2,4-6H3/b10-7+,12-8+,19-11+,20-13+,23-14?. The molecular formula is C21H28N2. The molecule has 0 aromatic rings. The summed E-state index contributed by atoms with van der Waals surface area (Å²) < 4.78 is 0. The highest BCUT2D eigenvalue weighted by molar-refractivity contribution is 5.73. The van der Waals surface area contributed by atoms with E-state index in [1.165, 1.54) is 11.1 Å². The third-order valence-corrected chi connectivity index (χ3v) is 2.80. The number of hydrogen-bond donors (Lipinski definition) is 0. The Balaban J connectivity index is 4.59. The third kappa shape index (κ3) is 13.0. The molecule has 122 valence electrons. The lowest BCUT2D eigenvalue weighted by atomic mass is 10.1. The summed E-state index contributed by atoms with van der Waals surface area (Å²) in [5.74, 6) is 0. The Bertz CT molecular complexity index is 598. The summed E-state index contributed by atoms with van der Waals surface area (Å²) in [4.78, 5) is 4.23. The van der Waals surface area contributed by atoms with Gasteiger partial charge in [-0.2, -0.15) is 5.26 Å². The molecule has 0 fully saturated rings. The van der Waals surface area contributed by atoms with E-state index in [1.807, 2.05) is 38.2 Å². The highest BCUT2D eigenvalue weighted by atomic mass is 14.8. The van der Waals surface area contributed by atoms with Gasteiger partial charge in [-0.15, -0.1) is 6.58 Å². The highest BCUT2D eigenvalue weighted by Crippen LogP contribution is 2.05. The lowest BCUT2D eigenvalue weighted by Gasteiger charge is -2.00. The van der Waals surface area contributed by atoms with Gasteiger partial charge in [0.25, 0.3) is 0 Å². The average Bonchev–Trinajstić information content (AvgIpc) is 2.45. The van der Waals surface area contributed by atoms with Gasteiger partial charge in [0.15, 0.2) is 0 Å². The molecule has 0 aromatic carbocycles. The van der Waals surface area contributed by atoms with Gasteiger partial charge >= 0.3 is 0 Å². The van der Waals surface area contributed by atoms with Crippen LogP contribution < -0.4 is 0 Å². The summed E-state index contributed by atoms with van der Waals surface area (Å²) >= 11 is 0. The summed E-state index contributed by atoms with van der Waals surface area (Å²) in [5.41, 5.74) is 4.52. The van der Waals surface area contributed by atoms with Crippen LogP contribution >= 0.6 is 0 Å². The van der Waals surface area contributed by atoms with Crippen LogP contribution in [0, 0.1) is 11.3 Å². The first-order valence-corrected chi connectivity index (χ1v) is 7.75. The number of nitrogens with zero attached hydrogens (tertiary/aromatic N) is 2. The molecule has 0 rings (SSSR count). The fourth-order valence-corrected chi connectivity index (χ4v) is 1.58. The normalized spacial score (nSPS) is 14.4. The van der Waals surface area contributed by atoms with Gasteiger partial charge in [0, 0.05) is 12.6 Å². The van der Waals surface area contributed by atoms with E-state index >= 15 is 0 Å². The van der Waals surface area contributed by atoms with Gasteiger partial charge in [-0.05, 0) is 46.3 Å². The Morgan fingerprint density at radius 3 is 2.09 bits per heavy atom. The second-order valence-corrected chi connectivity index (χ2v) is 5.89. The lowest BCUT2D eigenvalue weighted by Crippen LogP contribution is -2.00. The van der Waals surface area contributed by atoms with Crippen LogP contribution in [0.2, 0.25) is 0 Å². The van der Waals surface area contributed by atoms with Gasteiger partial charge < -0.3 is 0 Å². The van der Waals surface area contributed by atoms with Crippen LogP contribution in [0.1, 0.15) is 41.0 Å². The molecule has 0 spiro atoms. The zero-order valence-corrected chi connectivity index (χ0v) is 15.0. The number of aliphatic imine (C=N–C) groups is 1. The molecule has 0 aliphatic carbocycles. The minimum absolute atomic E-state index is 0.345. The molecular weight excluding hydrogens is 280 g/mol.